The summed E-state index contributed by atoms with van der Waals surface area (Å²) in [5, 5.41) is 14.1. The number of benzene rings is 1. The summed E-state index contributed by atoms with van der Waals surface area (Å²) in [5.41, 5.74) is 1.65. The van der Waals surface area contributed by atoms with Crippen molar-refractivity contribution < 1.29 is 9.53 Å². The Bertz CT molecular complexity index is 444. The lowest BCUT2D eigenvalue weighted by molar-refractivity contribution is 0.189. The molecule has 0 bridgehead atoms. The molecule has 1 unspecified atom stereocenters. The van der Waals surface area contributed by atoms with Gasteiger partial charge in [0.25, 0.3) is 0 Å². The van der Waals surface area contributed by atoms with Crippen molar-refractivity contribution >= 4 is 11.7 Å². The van der Waals surface area contributed by atoms with Gasteiger partial charge in [-0.05, 0) is 24.1 Å². The fourth-order valence-corrected chi connectivity index (χ4v) is 1.80. The van der Waals surface area contributed by atoms with Gasteiger partial charge in [0.15, 0.2) is 0 Å². The fraction of sp³-hybridized carbons (Fsp3) is 0.385. The van der Waals surface area contributed by atoms with Crippen molar-refractivity contribution in [2.24, 2.45) is 0 Å². The fourth-order valence-electron chi connectivity index (χ4n) is 1.80. The standard InChI is InChI=1S/C13H15N3O2/c14-7-5-10-1-3-11(4-2-10)15-13(17)16-12-6-8-18-9-12/h1-4,12H,5-6,8-9H2,(H2,15,16,17). The van der Waals surface area contributed by atoms with Crippen LogP contribution in [0.5, 0.6) is 0 Å². The van der Waals surface area contributed by atoms with Crippen LogP contribution < -0.4 is 10.6 Å². The van der Waals surface area contributed by atoms with Gasteiger partial charge in [-0.3, -0.25) is 0 Å². The zero-order valence-corrected chi connectivity index (χ0v) is 9.98. The van der Waals surface area contributed by atoms with Crippen molar-refractivity contribution in [3.05, 3.63) is 29.8 Å². The summed E-state index contributed by atoms with van der Waals surface area (Å²) in [6.45, 7) is 1.28. The average Bonchev–Trinajstić information content (AvgIpc) is 2.84. The highest BCUT2D eigenvalue weighted by molar-refractivity contribution is 5.89. The summed E-state index contributed by atoms with van der Waals surface area (Å²) >= 11 is 0. The highest BCUT2D eigenvalue weighted by atomic mass is 16.5. The van der Waals surface area contributed by atoms with E-state index in [2.05, 4.69) is 16.7 Å². The molecule has 1 saturated heterocycles. The lowest BCUT2D eigenvalue weighted by Crippen LogP contribution is -2.38. The molecular formula is C13H15N3O2. The number of carbonyl (C=O) groups is 1. The first kappa shape index (κ1) is 12.4. The van der Waals surface area contributed by atoms with Gasteiger partial charge in [-0.1, -0.05) is 12.1 Å². The molecule has 1 atom stereocenters. The van der Waals surface area contributed by atoms with Gasteiger partial charge in [0.2, 0.25) is 0 Å². The van der Waals surface area contributed by atoms with E-state index >= 15 is 0 Å². The number of urea groups is 1. The van der Waals surface area contributed by atoms with Crippen LogP contribution in [0.3, 0.4) is 0 Å². The number of hydrogen-bond acceptors (Lipinski definition) is 3. The monoisotopic (exact) mass is 245 g/mol. The Kier molecular flexibility index (Phi) is 4.15. The van der Waals surface area contributed by atoms with E-state index < -0.39 is 0 Å². The van der Waals surface area contributed by atoms with Gasteiger partial charge in [0.1, 0.15) is 0 Å². The second-order valence-corrected chi connectivity index (χ2v) is 4.19. The van der Waals surface area contributed by atoms with Crippen LogP contribution in [0.2, 0.25) is 0 Å². The lowest BCUT2D eigenvalue weighted by atomic mass is 10.1. The Morgan fingerprint density at radius 3 is 2.83 bits per heavy atom. The zero-order chi connectivity index (χ0) is 12.8. The molecule has 1 aromatic rings. The molecule has 1 fully saturated rings. The number of nitriles is 1. The molecule has 2 rings (SSSR count). The Morgan fingerprint density at radius 2 is 2.22 bits per heavy atom. The largest absolute Gasteiger partial charge is 0.379 e. The minimum Gasteiger partial charge on any atom is -0.379 e. The van der Waals surface area contributed by atoms with Crippen LogP contribution >= 0.6 is 0 Å². The summed E-state index contributed by atoms with van der Waals surface area (Å²) in [6.07, 6.45) is 1.24. The molecule has 0 spiro atoms. The van der Waals surface area contributed by atoms with Gasteiger partial charge in [-0.2, -0.15) is 5.26 Å². The average molecular weight is 245 g/mol. The Morgan fingerprint density at radius 1 is 1.44 bits per heavy atom. The van der Waals surface area contributed by atoms with Crippen molar-refractivity contribution in [2.75, 3.05) is 18.5 Å². The first-order chi connectivity index (χ1) is 8.78. The number of nitrogens with zero attached hydrogens (tertiary/aromatic N) is 1. The Balaban J connectivity index is 1.84. The van der Waals surface area contributed by atoms with Crippen molar-refractivity contribution in [1.82, 2.24) is 5.32 Å². The molecule has 2 amide bonds. The third-order valence-corrected chi connectivity index (χ3v) is 2.76. The molecule has 0 aromatic heterocycles. The smallest absolute Gasteiger partial charge is 0.319 e. The number of hydrogen-bond donors (Lipinski definition) is 2. The number of rotatable bonds is 3. The number of nitrogens with one attached hydrogen (secondary N) is 2. The number of anilines is 1. The number of ether oxygens (including phenoxy) is 1. The summed E-state index contributed by atoms with van der Waals surface area (Å²) in [6, 6.07) is 9.20. The molecule has 5 nitrogen and oxygen atoms in total. The minimum absolute atomic E-state index is 0.0999. The molecule has 94 valence electrons. The second kappa shape index (κ2) is 6.03. The van der Waals surface area contributed by atoms with Crippen molar-refractivity contribution in [3.8, 4) is 6.07 Å². The third kappa shape index (κ3) is 3.47. The van der Waals surface area contributed by atoms with E-state index in [1.807, 2.05) is 12.1 Å². The summed E-state index contributed by atoms with van der Waals surface area (Å²) < 4.78 is 5.18. The summed E-state index contributed by atoms with van der Waals surface area (Å²) in [7, 11) is 0. The quantitative estimate of drug-likeness (QED) is 0.850. The van der Waals surface area contributed by atoms with Gasteiger partial charge in [-0.15, -0.1) is 0 Å². The third-order valence-electron chi connectivity index (χ3n) is 2.76. The molecule has 5 heteroatoms. The van der Waals surface area contributed by atoms with Crippen molar-refractivity contribution in [3.63, 3.8) is 0 Å². The van der Waals surface area contributed by atoms with Crippen LogP contribution in [-0.2, 0) is 11.2 Å². The predicted molar refractivity (Wildman–Crippen MR) is 67.1 cm³/mol. The van der Waals surface area contributed by atoms with E-state index in [9.17, 15) is 4.79 Å². The van der Waals surface area contributed by atoms with Crippen LogP contribution in [0.25, 0.3) is 0 Å². The van der Waals surface area contributed by atoms with Gasteiger partial charge in [0.05, 0.1) is 25.1 Å². The molecule has 1 aliphatic heterocycles. The molecule has 0 aliphatic carbocycles. The molecule has 18 heavy (non-hydrogen) atoms. The second-order valence-electron chi connectivity index (χ2n) is 4.19. The van der Waals surface area contributed by atoms with E-state index in [-0.39, 0.29) is 12.1 Å². The van der Waals surface area contributed by atoms with E-state index in [4.69, 9.17) is 10.00 Å². The number of carbonyl (C=O) groups excluding carboxylic acids is 1. The summed E-state index contributed by atoms with van der Waals surface area (Å²) in [4.78, 5) is 11.6. The lowest BCUT2D eigenvalue weighted by Gasteiger charge is -2.11. The van der Waals surface area contributed by atoms with Crippen LogP contribution in [0.4, 0.5) is 10.5 Å². The molecule has 1 aliphatic rings. The highest BCUT2D eigenvalue weighted by Gasteiger charge is 2.17. The normalized spacial score (nSPS) is 18.1. The van der Waals surface area contributed by atoms with Crippen LogP contribution in [0, 0.1) is 11.3 Å². The molecular weight excluding hydrogens is 230 g/mol. The van der Waals surface area contributed by atoms with Crippen molar-refractivity contribution in [1.29, 1.82) is 5.26 Å². The Labute approximate surface area is 106 Å². The van der Waals surface area contributed by atoms with Gasteiger partial charge < -0.3 is 15.4 Å². The van der Waals surface area contributed by atoms with Gasteiger partial charge in [-0.25, -0.2) is 4.79 Å². The SMILES string of the molecule is N#CCc1ccc(NC(=O)NC2CCOC2)cc1. The van der Waals surface area contributed by atoms with E-state index in [0.29, 0.717) is 25.3 Å². The van der Waals surface area contributed by atoms with Crippen LogP contribution in [-0.4, -0.2) is 25.3 Å². The van der Waals surface area contributed by atoms with E-state index in [1.54, 1.807) is 12.1 Å². The maximum Gasteiger partial charge on any atom is 0.319 e. The molecule has 1 heterocycles. The van der Waals surface area contributed by atoms with Crippen LogP contribution in [0.15, 0.2) is 24.3 Å². The van der Waals surface area contributed by atoms with Crippen molar-refractivity contribution in [2.45, 2.75) is 18.9 Å². The first-order valence-corrected chi connectivity index (χ1v) is 5.89. The molecule has 2 N–H and O–H groups in total. The Hall–Kier alpha value is -2.06. The zero-order valence-electron chi connectivity index (χ0n) is 9.98. The highest BCUT2D eigenvalue weighted by Crippen LogP contribution is 2.10. The maximum absolute atomic E-state index is 11.6. The van der Waals surface area contributed by atoms with Gasteiger partial charge >= 0.3 is 6.03 Å². The topological polar surface area (TPSA) is 74.2 Å². The number of amides is 2. The maximum atomic E-state index is 11.6. The minimum atomic E-state index is -0.224. The molecule has 1 aromatic carbocycles. The van der Waals surface area contributed by atoms with Gasteiger partial charge in [0, 0.05) is 12.3 Å². The van der Waals surface area contributed by atoms with E-state index in [0.717, 1.165) is 12.0 Å². The first-order valence-electron chi connectivity index (χ1n) is 5.89. The predicted octanol–water partition coefficient (Wildman–Crippen LogP) is 1.66. The van der Waals surface area contributed by atoms with Crippen LogP contribution in [0.1, 0.15) is 12.0 Å². The van der Waals surface area contributed by atoms with E-state index in [1.165, 1.54) is 0 Å². The molecule has 0 radical (unpaired) electrons. The molecule has 0 saturated carbocycles. The summed E-state index contributed by atoms with van der Waals surface area (Å²) in [5.74, 6) is 0.